The van der Waals surface area contributed by atoms with Crippen LogP contribution in [0.25, 0.3) is 11.0 Å². The molecule has 1 N–H and O–H groups in total. The lowest BCUT2D eigenvalue weighted by atomic mass is 10.0. The number of rotatable bonds is 10. The number of ether oxygens (including phenoxy) is 1. The van der Waals surface area contributed by atoms with Crippen LogP contribution in [0.1, 0.15) is 46.2 Å². The van der Waals surface area contributed by atoms with E-state index in [1.165, 1.54) is 23.1 Å². The normalized spacial score (nSPS) is 17.8. The smallest absolute Gasteiger partial charge is 0.269 e. The fourth-order valence-corrected chi connectivity index (χ4v) is 7.57. The topological polar surface area (TPSA) is 131 Å². The first-order valence-corrected chi connectivity index (χ1v) is 16.4. The minimum absolute atomic E-state index is 0.0120. The molecule has 1 aromatic heterocycles. The summed E-state index contributed by atoms with van der Waals surface area (Å²) in [5.41, 5.74) is 3.41. The van der Waals surface area contributed by atoms with Crippen molar-refractivity contribution < 1.29 is 27.5 Å². The number of hydrogen-bond acceptors (Lipinski definition) is 7. The second kappa shape index (κ2) is 12.4. The largest absolute Gasteiger partial charge is 0.376 e. The maximum absolute atomic E-state index is 14.3. The summed E-state index contributed by atoms with van der Waals surface area (Å²) >= 11 is 0. The second-order valence-electron chi connectivity index (χ2n) is 11.4. The van der Waals surface area contributed by atoms with Gasteiger partial charge in [-0.1, -0.05) is 48.5 Å². The van der Waals surface area contributed by atoms with Crippen molar-refractivity contribution in [2.24, 2.45) is 7.05 Å². The zero-order valence-electron chi connectivity index (χ0n) is 25.2. The van der Waals surface area contributed by atoms with Crippen LogP contribution in [0.15, 0.2) is 77.7 Å². The van der Waals surface area contributed by atoms with E-state index in [1.807, 2.05) is 55.5 Å². The molecule has 234 valence electrons. The minimum atomic E-state index is -4.26. The molecule has 11 nitrogen and oxygen atoms in total. The van der Waals surface area contributed by atoms with Gasteiger partial charge in [0.05, 0.1) is 22.7 Å². The maximum atomic E-state index is 14.3. The molecule has 0 bridgehead atoms. The first-order valence-electron chi connectivity index (χ1n) is 15.0. The van der Waals surface area contributed by atoms with E-state index in [0.717, 1.165) is 29.5 Å². The van der Waals surface area contributed by atoms with Gasteiger partial charge in [-0.15, -0.1) is 0 Å². The first-order chi connectivity index (χ1) is 21.7. The second-order valence-corrected chi connectivity index (χ2v) is 13.2. The summed E-state index contributed by atoms with van der Waals surface area (Å²) in [4.78, 5) is 47.7. The Hall–Kier alpha value is -4.55. The van der Waals surface area contributed by atoms with Gasteiger partial charge in [0.1, 0.15) is 17.3 Å². The number of imidazole rings is 1. The Morgan fingerprint density at radius 3 is 2.53 bits per heavy atom. The Balaban J connectivity index is 1.39. The maximum Gasteiger partial charge on any atom is 0.269 e. The Morgan fingerprint density at radius 1 is 1.07 bits per heavy atom. The van der Waals surface area contributed by atoms with Gasteiger partial charge >= 0.3 is 0 Å². The molecule has 4 aromatic rings. The van der Waals surface area contributed by atoms with Gasteiger partial charge in [0.2, 0.25) is 5.91 Å². The summed E-state index contributed by atoms with van der Waals surface area (Å²) < 4.78 is 34.9. The average Bonchev–Trinajstić information content (AvgIpc) is 3.73. The molecule has 2 atom stereocenters. The minimum Gasteiger partial charge on any atom is -0.376 e. The number of carbonyl (C=O) groups excluding carboxylic acids is 3. The van der Waals surface area contributed by atoms with E-state index in [2.05, 4.69) is 5.32 Å². The fraction of sp³-hybridized carbons (Fsp3) is 0.333. The number of nitrogens with zero attached hydrogens (tertiary/aromatic N) is 4. The number of sulfonamides is 1. The molecule has 2 aliphatic rings. The number of hydrogen-bond donors (Lipinski definition) is 1. The molecule has 1 fully saturated rings. The van der Waals surface area contributed by atoms with Gasteiger partial charge in [-0.2, -0.15) is 0 Å². The molecule has 12 heteroatoms. The molecule has 2 aliphatic heterocycles. The van der Waals surface area contributed by atoms with E-state index in [0.29, 0.717) is 28.7 Å². The molecule has 0 radical (unpaired) electrons. The van der Waals surface area contributed by atoms with Crippen molar-refractivity contribution in [2.75, 3.05) is 26.2 Å². The molecule has 3 amide bonds. The third-order valence-electron chi connectivity index (χ3n) is 8.55. The number of nitrogens with one attached hydrogen (secondary N) is 1. The average molecular weight is 630 g/mol. The van der Waals surface area contributed by atoms with E-state index >= 15 is 0 Å². The zero-order valence-corrected chi connectivity index (χ0v) is 26.0. The summed E-state index contributed by atoms with van der Waals surface area (Å²) in [6.07, 6.45) is 1.95. The van der Waals surface area contributed by atoms with Crippen LogP contribution in [-0.2, 0) is 37.8 Å². The van der Waals surface area contributed by atoms with Gasteiger partial charge in [-0.3, -0.25) is 14.4 Å². The molecule has 0 saturated carbocycles. The van der Waals surface area contributed by atoms with Crippen LogP contribution in [0.2, 0.25) is 0 Å². The summed E-state index contributed by atoms with van der Waals surface area (Å²) in [6.45, 7) is 2.15. The summed E-state index contributed by atoms with van der Waals surface area (Å²) in [6, 6.07) is 19.8. The predicted molar refractivity (Wildman–Crippen MR) is 167 cm³/mol. The van der Waals surface area contributed by atoms with Crippen molar-refractivity contribution in [2.45, 2.75) is 43.2 Å². The van der Waals surface area contributed by atoms with E-state index < -0.39 is 40.3 Å². The molecule has 6 rings (SSSR count). The zero-order chi connectivity index (χ0) is 31.7. The van der Waals surface area contributed by atoms with Gasteiger partial charge in [-0.25, -0.2) is 17.7 Å². The predicted octanol–water partition coefficient (Wildman–Crippen LogP) is 3.13. The Bertz CT molecular complexity index is 1880. The molecule has 3 aromatic carbocycles. The first kappa shape index (κ1) is 30.5. The summed E-state index contributed by atoms with van der Waals surface area (Å²) in [5.74, 6) is -1.63. The number of aryl methyl sites for hydroxylation is 2. The van der Waals surface area contributed by atoms with E-state index in [1.54, 1.807) is 17.7 Å². The highest BCUT2D eigenvalue weighted by atomic mass is 32.2. The van der Waals surface area contributed by atoms with Crippen LogP contribution in [0.3, 0.4) is 0 Å². The van der Waals surface area contributed by atoms with Crippen LogP contribution in [0.4, 0.5) is 0 Å². The molecule has 0 unspecified atom stereocenters. The monoisotopic (exact) mass is 629 g/mol. The highest BCUT2D eigenvalue weighted by Crippen LogP contribution is 2.31. The number of para-hydroxylation sites is 2. The van der Waals surface area contributed by atoms with Crippen molar-refractivity contribution in [1.29, 1.82) is 0 Å². The molecule has 0 spiro atoms. The van der Waals surface area contributed by atoms with Crippen molar-refractivity contribution in [3.05, 3.63) is 95.3 Å². The van der Waals surface area contributed by atoms with Crippen molar-refractivity contribution in [3.8, 4) is 0 Å². The molecule has 45 heavy (non-hydrogen) atoms. The third-order valence-corrected chi connectivity index (χ3v) is 10.3. The Morgan fingerprint density at radius 2 is 1.80 bits per heavy atom. The van der Waals surface area contributed by atoms with Gasteiger partial charge in [0.15, 0.2) is 6.04 Å². The van der Waals surface area contributed by atoms with Crippen LogP contribution < -0.4 is 5.32 Å². The Kier molecular flexibility index (Phi) is 8.43. The van der Waals surface area contributed by atoms with Crippen molar-refractivity contribution >= 4 is 38.8 Å². The van der Waals surface area contributed by atoms with Crippen LogP contribution in [0, 0.1) is 6.92 Å². The van der Waals surface area contributed by atoms with Crippen molar-refractivity contribution in [3.63, 3.8) is 0 Å². The standard InChI is InChI=1S/C33H35N5O6S/c1-22-10-3-4-11-23(22)17-18-37(29(39)21-38-33(41)25-13-5-8-16-28(25)45(38,42)43)30(32(40)34-20-24-12-9-19-44-24)31-35-26-14-6-7-15-27(26)36(31)2/h3-8,10-11,13-16,24,30H,9,12,17-21H2,1-2H3,(H,34,40)/t24-,30+/m0/s1. The molecular formula is C33H35N5O6S. The third kappa shape index (κ3) is 5.83. The van der Waals surface area contributed by atoms with Crippen LogP contribution in [-0.4, -0.2) is 77.2 Å². The molecule has 0 aliphatic carbocycles. The highest BCUT2D eigenvalue weighted by molar-refractivity contribution is 7.90. The lowest BCUT2D eigenvalue weighted by molar-refractivity contribution is -0.141. The summed E-state index contributed by atoms with van der Waals surface area (Å²) in [7, 11) is -2.48. The van der Waals surface area contributed by atoms with Gasteiger partial charge in [0, 0.05) is 26.7 Å². The SMILES string of the molecule is Cc1ccccc1CCN(C(=O)CN1C(=O)c2ccccc2S1(=O)=O)[C@@H](C(=O)NC[C@@H]1CCCO1)c1nc2ccccc2n1C. The quantitative estimate of drug-likeness (QED) is 0.285. The number of amides is 3. The van der Waals surface area contributed by atoms with E-state index in [9.17, 15) is 22.8 Å². The number of benzene rings is 3. The molecule has 3 heterocycles. The van der Waals surface area contributed by atoms with Gasteiger partial charge < -0.3 is 19.5 Å². The Labute approximate surface area is 261 Å². The lowest BCUT2D eigenvalue weighted by Crippen LogP contribution is -2.50. The van der Waals surface area contributed by atoms with E-state index in [4.69, 9.17) is 9.72 Å². The van der Waals surface area contributed by atoms with Crippen LogP contribution >= 0.6 is 0 Å². The van der Waals surface area contributed by atoms with Gasteiger partial charge in [-0.05, 0) is 61.6 Å². The van der Waals surface area contributed by atoms with Crippen LogP contribution in [0.5, 0.6) is 0 Å². The van der Waals surface area contributed by atoms with Crippen molar-refractivity contribution in [1.82, 2.24) is 24.1 Å². The fourth-order valence-electron chi connectivity index (χ4n) is 6.05. The molecule has 1 saturated heterocycles. The summed E-state index contributed by atoms with van der Waals surface area (Å²) in [5, 5.41) is 2.96. The van der Waals surface area contributed by atoms with Gasteiger partial charge in [0.25, 0.3) is 21.8 Å². The van der Waals surface area contributed by atoms with E-state index in [-0.39, 0.29) is 29.7 Å². The molecular weight excluding hydrogens is 594 g/mol. The highest BCUT2D eigenvalue weighted by Gasteiger charge is 2.44. The number of carbonyl (C=O) groups is 3. The number of fused-ring (bicyclic) bond motifs is 2. The lowest BCUT2D eigenvalue weighted by Gasteiger charge is -2.32. The number of aromatic nitrogens is 2.